The van der Waals surface area contributed by atoms with Gasteiger partial charge in [-0.05, 0) is 0 Å². The van der Waals surface area contributed by atoms with Gasteiger partial charge in [0.1, 0.15) is 0 Å². The van der Waals surface area contributed by atoms with E-state index in [1.54, 1.807) is 0 Å². The average Bonchev–Trinajstić information content (AvgIpc) is 1.42. The van der Waals surface area contributed by atoms with Crippen LogP contribution in [-0.4, -0.2) is 19.6 Å². The monoisotopic (exact) mass is 351 g/mol. The first kappa shape index (κ1) is 26.5. The Morgan fingerprint density at radius 3 is 0.938 bits per heavy atom. The van der Waals surface area contributed by atoms with Gasteiger partial charge in [0.05, 0.1) is 0 Å². The van der Waals surface area contributed by atoms with Gasteiger partial charge in [0.25, 0.3) is 0 Å². The second kappa shape index (κ2) is 9.77. The molecule has 0 aliphatic rings. The third kappa shape index (κ3) is 56.6. The first-order valence-electron chi connectivity index (χ1n) is 2.26. The fourth-order valence-corrected chi connectivity index (χ4v) is 1.25. The van der Waals surface area contributed by atoms with E-state index in [9.17, 15) is 9.13 Å². The van der Waals surface area contributed by atoms with Crippen molar-refractivity contribution >= 4 is 23.5 Å². The van der Waals surface area contributed by atoms with Crippen LogP contribution >= 0.6 is 23.5 Å². The Labute approximate surface area is 122 Å². The van der Waals surface area contributed by atoms with Crippen LogP contribution in [0.3, 0.4) is 0 Å². The predicted octanol–water partition coefficient (Wildman–Crippen LogP) is -6.63. The summed E-state index contributed by atoms with van der Waals surface area (Å²) in [6.45, 7) is 0. The molecule has 0 aromatic heterocycles. The summed E-state index contributed by atoms with van der Waals surface area (Å²) in [6, 6.07) is 0. The third-order valence-corrected chi connectivity index (χ3v) is 1.91. The molecule has 0 saturated heterocycles. The zero-order valence-corrected chi connectivity index (χ0v) is 13.2. The van der Waals surface area contributed by atoms with Crippen LogP contribution in [0.5, 0.6) is 0 Å². The van der Waals surface area contributed by atoms with E-state index in [0.29, 0.717) is 0 Å². The second-order valence-corrected chi connectivity index (χ2v) is 5.02. The van der Waals surface area contributed by atoms with E-state index >= 15 is 0 Å². The average molecular weight is 351 g/mol. The van der Waals surface area contributed by atoms with Crippen molar-refractivity contribution in [3.8, 4) is 0 Å². The van der Waals surface area contributed by atoms with Crippen LogP contribution in [0.1, 0.15) is 0 Å². The van der Waals surface area contributed by atoms with Gasteiger partial charge in [-0.1, -0.05) is 0 Å². The molecule has 0 spiro atoms. The van der Waals surface area contributed by atoms with Crippen molar-refractivity contribution in [1.29, 1.82) is 0 Å². The SMILES string of the molecule is O=P(O)(O)OP(=O)(O)O.O=P([O-])([O-])[O-].[Mn+2].[Na+]. The maximum Gasteiger partial charge on any atom is 2.00 e. The summed E-state index contributed by atoms with van der Waals surface area (Å²) in [7, 11) is -15.5. The Morgan fingerprint density at radius 2 is 0.938 bits per heavy atom. The molecule has 1 radical (unpaired) electrons. The minimum atomic E-state index is -5.39. The Hall–Kier alpha value is 1.89. The molecule has 4 N–H and O–H groups in total. The maximum atomic E-state index is 9.63. The second-order valence-electron chi connectivity index (χ2n) is 1.51. The topological polar surface area (TPSA) is 211 Å². The van der Waals surface area contributed by atoms with Gasteiger partial charge >= 0.3 is 62.3 Å². The summed E-state index contributed by atoms with van der Waals surface area (Å²) in [4.78, 5) is 56.6. The number of phosphoric acid groups is 3. The Morgan fingerprint density at radius 1 is 0.812 bits per heavy atom. The molecule has 0 atom stereocenters. The van der Waals surface area contributed by atoms with Crippen LogP contribution in [0.15, 0.2) is 0 Å². The van der Waals surface area contributed by atoms with Crippen molar-refractivity contribution in [2.75, 3.05) is 0 Å². The van der Waals surface area contributed by atoms with E-state index in [0.717, 1.165) is 0 Å². The summed E-state index contributed by atoms with van der Waals surface area (Å²) in [5.74, 6) is 0. The van der Waals surface area contributed by atoms with Crippen molar-refractivity contribution < 1.29 is 98.9 Å². The summed E-state index contributed by atoms with van der Waals surface area (Å²) < 4.78 is 30.8. The van der Waals surface area contributed by atoms with Crippen LogP contribution in [0.4, 0.5) is 0 Å². The van der Waals surface area contributed by atoms with Crippen molar-refractivity contribution in [2.45, 2.75) is 0 Å². The van der Waals surface area contributed by atoms with Gasteiger partial charge in [0, 0.05) is 0 Å². The van der Waals surface area contributed by atoms with E-state index in [-0.39, 0.29) is 46.6 Å². The van der Waals surface area contributed by atoms with Gasteiger partial charge < -0.3 is 38.8 Å². The molecule has 0 aliphatic carbocycles. The normalized spacial score (nSPS) is 11.4. The molecule has 0 aromatic carbocycles. The van der Waals surface area contributed by atoms with Crippen LogP contribution < -0.4 is 44.2 Å². The van der Waals surface area contributed by atoms with Gasteiger partial charge in [0.2, 0.25) is 0 Å². The zero-order valence-electron chi connectivity index (χ0n) is 7.37. The van der Waals surface area contributed by atoms with Crippen LogP contribution in [0, 0.1) is 0 Å². The van der Waals surface area contributed by atoms with Crippen molar-refractivity contribution in [3.05, 3.63) is 0 Å². The third-order valence-electron chi connectivity index (χ3n) is 0.213. The molecule has 0 rings (SSSR count). The van der Waals surface area contributed by atoms with E-state index in [1.807, 2.05) is 0 Å². The Bertz CT molecular complexity index is 264. The van der Waals surface area contributed by atoms with E-state index in [1.165, 1.54) is 0 Å². The summed E-state index contributed by atoms with van der Waals surface area (Å²) >= 11 is 0. The number of rotatable bonds is 2. The summed E-state index contributed by atoms with van der Waals surface area (Å²) in [5, 5.41) is 0. The van der Waals surface area contributed by atoms with E-state index in [4.69, 9.17) is 38.8 Å². The summed E-state index contributed by atoms with van der Waals surface area (Å²) in [6.07, 6.45) is 0. The van der Waals surface area contributed by atoms with Crippen molar-refractivity contribution in [1.82, 2.24) is 0 Å². The molecule has 0 aliphatic heterocycles. The van der Waals surface area contributed by atoms with Crippen LogP contribution in [0.25, 0.3) is 0 Å². The molecule has 16 heavy (non-hydrogen) atoms. The minimum Gasteiger partial charge on any atom is -0.822 e. The zero-order chi connectivity index (χ0) is 12.2. The molecule has 0 bridgehead atoms. The molecule has 0 heterocycles. The van der Waals surface area contributed by atoms with Crippen molar-refractivity contribution in [2.24, 2.45) is 0 Å². The fourth-order valence-electron chi connectivity index (χ4n) is 0.139. The van der Waals surface area contributed by atoms with E-state index in [2.05, 4.69) is 4.31 Å². The van der Waals surface area contributed by atoms with Gasteiger partial charge in [-0.2, -0.15) is 12.1 Å². The quantitative estimate of drug-likeness (QED) is 0.271. The molecular formula is H4MnNaO11P3. The molecule has 0 unspecified atom stereocenters. The molecule has 0 saturated carbocycles. The smallest absolute Gasteiger partial charge is 0.822 e. The molecule has 0 aromatic rings. The van der Waals surface area contributed by atoms with Crippen molar-refractivity contribution in [3.63, 3.8) is 0 Å². The minimum absolute atomic E-state index is 0. The Balaban J connectivity index is -0.0000000904. The molecule has 16 heteroatoms. The fraction of sp³-hybridized carbons (Fsp3) is 0. The molecule has 93 valence electrons. The van der Waals surface area contributed by atoms with Gasteiger partial charge in [-0.3, -0.25) is 0 Å². The largest absolute Gasteiger partial charge is 2.00 e. The summed E-state index contributed by atoms with van der Waals surface area (Å²) in [5.41, 5.74) is 0. The maximum absolute atomic E-state index is 9.63. The van der Waals surface area contributed by atoms with Crippen LogP contribution in [-0.2, 0) is 35.1 Å². The first-order valence-corrected chi connectivity index (χ1v) is 6.78. The molecule has 11 nitrogen and oxygen atoms in total. The first-order chi connectivity index (χ1) is 5.71. The van der Waals surface area contributed by atoms with Gasteiger partial charge in [-0.25, -0.2) is 9.13 Å². The van der Waals surface area contributed by atoms with Gasteiger partial charge in [-0.15, -0.1) is 0 Å². The number of hydrogen-bond acceptors (Lipinski definition) is 7. The molecule has 0 amide bonds. The molecular weight excluding hydrogens is 347 g/mol. The predicted molar refractivity (Wildman–Crippen MR) is 32.8 cm³/mol. The molecule has 0 fully saturated rings. The Kier molecular flexibility index (Phi) is 16.2. The standard InChI is InChI=1S/Mn.Na.H4O7P2.H3O4P/c;;1-8(2,3)7-9(4,5)6;1-5(2,3)4/h;;(H2,1,2,3)(H2,4,5,6);(H3,1,2,3,4)/q+2;+1;;/p-3. The van der Waals surface area contributed by atoms with Crippen LogP contribution in [0.2, 0.25) is 0 Å². The van der Waals surface area contributed by atoms with E-state index < -0.39 is 23.5 Å². The van der Waals surface area contributed by atoms with Gasteiger partial charge in [0.15, 0.2) is 0 Å². The number of hydrogen-bond donors (Lipinski definition) is 4.